The van der Waals surface area contributed by atoms with Gasteiger partial charge in [0.1, 0.15) is 0 Å². The first kappa shape index (κ1) is 19.9. The fourth-order valence-electron chi connectivity index (χ4n) is 4.31. The van der Waals surface area contributed by atoms with Gasteiger partial charge in [-0.25, -0.2) is 5.01 Å². The summed E-state index contributed by atoms with van der Waals surface area (Å²) in [7, 11) is 0. The number of pyridine rings is 1. The Bertz CT molecular complexity index is 1280. The van der Waals surface area contributed by atoms with Crippen molar-refractivity contribution in [2.45, 2.75) is 19.8 Å². The first-order valence-corrected chi connectivity index (χ1v) is 10.6. The summed E-state index contributed by atoms with van der Waals surface area (Å²) in [5, 5.41) is 5.12. The number of aryl methyl sites for hydroxylation is 1. The predicted molar refractivity (Wildman–Crippen MR) is 122 cm³/mol. The molecule has 32 heavy (non-hydrogen) atoms. The van der Waals surface area contributed by atoms with E-state index in [1.165, 1.54) is 5.01 Å². The smallest absolute Gasteiger partial charge is 0.255 e. The van der Waals surface area contributed by atoms with Crippen molar-refractivity contribution in [3.63, 3.8) is 0 Å². The van der Waals surface area contributed by atoms with Gasteiger partial charge in [-0.2, -0.15) is 0 Å². The fourth-order valence-corrected chi connectivity index (χ4v) is 4.31. The molecule has 0 saturated carbocycles. The zero-order chi connectivity index (χ0) is 22.2. The van der Waals surface area contributed by atoms with Crippen molar-refractivity contribution in [3.05, 3.63) is 78.0 Å². The molecule has 7 nitrogen and oxygen atoms in total. The number of allylic oxidation sites excluding steroid dienone is 2. The van der Waals surface area contributed by atoms with E-state index in [0.717, 1.165) is 11.1 Å². The number of benzene rings is 2. The number of nitrogens with zero attached hydrogens (tertiary/aromatic N) is 2. The van der Waals surface area contributed by atoms with Gasteiger partial charge in [-0.1, -0.05) is 36.4 Å². The Morgan fingerprint density at radius 1 is 1.03 bits per heavy atom. The molecule has 2 unspecified atom stereocenters. The Kier molecular flexibility index (Phi) is 4.93. The molecule has 1 aromatic heterocycles. The van der Waals surface area contributed by atoms with E-state index in [9.17, 15) is 14.4 Å². The van der Waals surface area contributed by atoms with Gasteiger partial charge in [-0.05, 0) is 50.1 Å². The zero-order valence-electron chi connectivity index (χ0n) is 17.5. The van der Waals surface area contributed by atoms with Crippen molar-refractivity contribution in [1.82, 2.24) is 10.4 Å². The maximum atomic E-state index is 13.0. The van der Waals surface area contributed by atoms with Crippen LogP contribution in [0.4, 0.5) is 11.4 Å². The number of para-hydroxylation sites is 1. The molecule has 0 radical (unpaired) electrons. The number of aromatic nitrogens is 1. The number of fused-ring (bicyclic) bond motifs is 2. The molecule has 1 aliphatic carbocycles. The van der Waals surface area contributed by atoms with E-state index in [2.05, 4.69) is 15.7 Å². The van der Waals surface area contributed by atoms with Crippen LogP contribution in [0.15, 0.2) is 66.7 Å². The summed E-state index contributed by atoms with van der Waals surface area (Å²) in [5.74, 6) is -1.37. The molecule has 2 aromatic carbocycles. The van der Waals surface area contributed by atoms with Crippen LogP contribution in [-0.2, 0) is 9.59 Å². The molecule has 160 valence electrons. The van der Waals surface area contributed by atoms with Gasteiger partial charge in [0.2, 0.25) is 11.8 Å². The highest BCUT2D eigenvalue weighted by Gasteiger charge is 2.42. The average molecular weight is 426 g/mol. The SMILES string of the molecule is Cc1ccc2cccc(NC(=O)c3cccc(N4NC(=O)C5CC=CCC5C4=O)c3)c2n1. The number of carbonyl (C=O) groups is 3. The molecule has 2 heterocycles. The molecule has 0 bridgehead atoms. The van der Waals surface area contributed by atoms with Crippen molar-refractivity contribution in [1.29, 1.82) is 0 Å². The summed E-state index contributed by atoms with van der Waals surface area (Å²) in [6, 6.07) is 16.2. The molecule has 1 aliphatic heterocycles. The van der Waals surface area contributed by atoms with E-state index in [1.807, 2.05) is 49.4 Å². The molecule has 3 aromatic rings. The summed E-state index contributed by atoms with van der Waals surface area (Å²) >= 11 is 0. The second kappa shape index (κ2) is 7.92. The predicted octanol–water partition coefficient (Wildman–Crippen LogP) is 3.76. The second-order valence-electron chi connectivity index (χ2n) is 8.14. The fraction of sp³-hybridized carbons (Fsp3) is 0.200. The third-order valence-electron chi connectivity index (χ3n) is 6.00. The number of hydrogen-bond donors (Lipinski definition) is 2. The number of rotatable bonds is 3. The van der Waals surface area contributed by atoms with E-state index >= 15 is 0 Å². The highest BCUT2D eigenvalue weighted by atomic mass is 16.2. The van der Waals surface area contributed by atoms with Crippen LogP contribution in [0, 0.1) is 18.8 Å². The first-order chi connectivity index (χ1) is 15.5. The minimum atomic E-state index is -0.378. The minimum absolute atomic E-state index is 0.162. The van der Waals surface area contributed by atoms with Crippen LogP contribution in [0.2, 0.25) is 0 Å². The molecular formula is C25H22N4O3. The molecule has 0 spiro atoms. The van der Waals surface area contributed by atoms with Crippen molar-refractivity contribution >= 4 is 40.0 Å². The van der Waals surface area contributed by atoms with Gasteiger partial charge in [0, 0.05) is 16.6 Å². The molecule has 1 fully saturated rings. The van der Waals surface area contributed by atoms with Crippen molar-refractivity contribution in [3.8, 4) is 0 Å². The summed E-state index contributed by atoms with van der Waals surface area (Å²) in [5.41, 5.74) is 5.71. The van der Waals surface area contributed by atoms with Gasteiger partial charge in [0.05, 0.1) is 28.7 Å². The zero-order valence-corrected chi connectivity index (χ0v) is 17.5. The Balaban J connectivity index is 1.42. The third kappa shape index (κ3) is 3.51. The van der Waals surface area contributed by atoms with E-state index < -0.39 is 0 Å². The van der Waals surface area contributed by atoms with Crippen LogP contribution >= 0.6 is 0 Å². The number of nitrogens with one attached hydrogen (secondary N) is 2. The van der Waals surface area contributed by atoms with Gasteiger partial charge >= 0.3 is 0 Å². The molecule has 2 aliphatic rings. The van der Waals surface area contributed by atoms with E-state index in [-0.39, 0.29) is 29.6 Å². The normalized spacial score (nSPS) is 20.1. The van der Waals surface area contributed by atoms with E-state index in [4.69, 9.17) is 0 Å². The summed E-state index contributed by atoms with van der Waals surface area (Å²) in [4.78, 5) is 43.1. The van der Waals surface area contributed by atoms with Gasteiger partial charge in [-0.15, -0.1) is 0 Å². The lowest BCUT2D eigenvalue weighted by atomic mass is 9.80. The van der Waals surface area contributed by atoms with Crippen LogP contribution in [0.25, 0.3) is 10.9 Å². The number of carbonyl (C=O) groups excluding carboxylic acids is 3. The first-order valence-electron chi connectivity index (χ1n) is 10.6. The standard InChI is InChI=1S/C25H22N4O3/c1-15-12-13-16-6-5-11-21(22(16)26-15)27-23(30)17-7-4-8-18(14-17)29-25(32)20-10-3-2-9-19(20)24(31)28-29/h2-8,11-14,19-20H,9-10H2,1H3,(H,27,30)(H,28,31). The minimum Gasteiger partial charge on any atom is -0.320 e. The number of amides is 3. The lowest BCUT2D eigenvalue weighted by molar-refractivity contribution is -0.139. The van der Waals surface area contributed by atoms with Gasteiger partial charge in [0.25, 0.3) is 5.91 Å². The van der Waals surface area contributed by atoms with Crippen LogP contribution in [0.3, 0.4) is 0 Å². The monoisotopic (exact) mass is 426 g/mol. The third-order valence-corrected chi connectivity index (χ3v) is 6.00. The molecule has 2 N–H and O–H groups in total. The molecule has 2 atom stereocenters. The molecule has 1 saturated heterocycles. The Morgan fingerprint density at radius 2 is 1.81 bits per heavy atom. The Labute approximate surface area is 185 Å². The lowest BCUT2D eigenvalue weighted by Crippen LogP contribution is -2.59. The summed E-state index contributed by atoms with van der Waals surface area (Å²) < 4.78 is 0. The summed E-state index contributed by atoms with van der Waals surface area (Å²) in [6.45, 7) is 1.90. The Hall–Kier alpha value is -4.00. The highest BCUT2D eigenvalue weighted by molar-refractivity contribution is 6.10. The maximum Gasteiger partial charge on any atom is 0.255 e. The van der Waals surface area contributed by atoms with Crippen LogP contribution in [-0.4, -0.2) is 22.7 Å². The Morgan fingerprint density at radius 3 is 2.66 bits per heavy atom. The van der Waals surface area contributed by atoms with E-state index in [1.54, 1.807) is 24.3 Å². The quantitative estimate of drug-likeness (QED) is 0.624. The van der Waals surface area contributed by atoms with Crippen molar-refractivity contribution < 1.29 is 14.4 Å². The van der Waals surface area contributed by atoms with Gasteiger partial charge in [0.15, 0.2) is 0 Å². The largest absolute Gasteiger partial charge is 0.320 e. The second-order valence-corrected chi connectivity index (χ2v) is 8.14. The maximum absolute atomic E-state index is 13.0. The van der Waals surface area contributed by atoms with Crippen molar-refractivity contribution in [2.75, 3.05) is 10.3 Å². The van der Waals surface area contributed by atoms with Crippen LogP contribution in [0.1, 0.15) is 28.9 Å². The van der Waals surface area contributed by atoms with E-state index in [0.29, 0.717) is 35.3 Å². The number of anilines is 2. The lowest BCUT2D eigenvalue weighted by Gasteiger charge is -2.38. The topological polar surface area (TPSA) is 91.4 Å². The molecule has 5 rings (SSSR count). The van der Waals surface area contributed by atoms with Crippen molar-refractivity contribution in [2.24, 2.45) is 11.8 Å². The van der Waals surface area contributed by atoms with Crippen LogP contribution in [0.5, 0.6) is 0 Å². The van der Waals surface area contributed by atoms with Gasteiger partial charge < -0.3 is 5.32 Å². The highest BCUT2D eigenvalue weighted by Crippen LogP contribution is 2.32. The average Bonchev–Trinajstić information content (AvgIpc) is 2.82. The molecular weight excluding hydrogens is 404 g/mol. The number of hydrazine groups is 1. The molecule has 7 heteroatoms. The van der Waals surface area contributed by atoms with Crippen LogP contribution < -0.4 is 15.8 Å². The number of hydrogen-bond acceptors (Lipinski definition) is 4. The summed E-state index contributed by atoms with van der Waals surface area (Å²) in [6.07, 6.45) is 5.00. The molecule has 3 amide bonds. The van der Waals surface area contributed by atoms with Gasteiger partial charge in [-0.3, -0.25) is 24.8 Å².